The van der Waals surface area contributed by atoms with Crippen LogP contribution in [-0.2, 0) is 0 Å². The van der Waals surface area contributed by atoms with Crippen LogP contribution in [0.4, 0.5) is 5.69 Å². The number of hydrogen-bond donors (Lipinski definition) is 2. The minimum Gasteiger partial charge on any atom is -0.384 e. The first-order valence-corrected chi connectivity index (χ1v) is 4.37. The summed E-state index contributed by atoms with van der Waals surface area (Å²) in [6, 6.07) is 5.49. The molecule has 0 aromatic heterocycles. The topological polar surface area (TPSA) is 43.7 Å². The standard InChI is InChI=1S/C9H10ClNO2/c1-5-2-3-6-7(4-5)11(10)9(13)8(6)12/h2-4,8-9,12-13H,1H3. The van der Waals surface area contributed by atoms with E-state index < -0.39 is 12.3 Å². The number of fused-ring (bicyclic) bond motifs is 1. The number of nitrogens with zero attached hydrogens (tertiary/aromatic N) is 1. The van der Waals surface area contributed by atoms with Gasteiger partial charge in [0.05, 0.1) is 5.69 Å². The second kappa shape index (κ2) is 2.87. The molecule has 0 spiro atoms. The van der Waals surface area contributed by atoms with Crippen LogP contribution in [0.1, 0.15) is 17.2 Å². The second-order valence-electron chi connectivity index (χ2n) is 3.23. The highest BCUT2D eigenvalue weighted by atomic mass is 35.5. The molecule has 3 nitrogen and oxygen atoms in total. The van der Waals surface area contributed by atoms with Gasteiger partial charge in [-0.3, -0.25) is 4.42 Å². The SMILES string of the molecule is Cc1ccc2c(c1)N(Cl)C(O)C2O. The number of halogens is 1. The van der Waals surface area contributed by atoms with Gasteiger partial charge in [0.2, 0.25) is 0 Å². The molecule has 0 fully saturated rings. The van der Waals surface area contributed by atoms with E-state index in [0.717, 1.165) is 9.98 Å². The van der Waals surface area contributed by atoms with Gasteiger partial charge < -0.3 is 10.2 Å². The number of rotatable bonds is 0. The van der Waals surface area contributed by atoms with Gasteiger partial charge in [-0.2, -0.15) is 0 Å². The van der Waals surface area contributed by atoms with Crippen LogP contribution in [0.5, 0.6) is 0 Å². The lowest BCUT2D eigenvalue weighted by atomic mass is 10.1. The number of aryl methyl sites for hydroxylation is 1. The fourth-order valence-corrected chi connectivity index (χ4v) is 1.77. The Morgan fingerprint density at radius 3 is 2.77 bits per heavy atom. The Kier molecular flexibility index (Phi) is 1.95. The van der Waals surface area contributed by atoms with Crippen LogP contribution in [0, 0.1) is 6.92 Å². The van der Waals surface area contributed by atoms with Crippen LogP contribution in [0.2, 0.25) is 0 Å². The largest absolute Gasteiger partial charge is 0.384 e. The van der Waals surface area contributed by atoms with E-state index in [1.165, 1.54) is 0 Å². The molecule has 1 aromatic rings. The summed E-state index contributed by atoms with van der Waals surface area (Å²) in [5.41, 5.74) is 2.40. The summed E-state index contributed by atoms with van der Waals surface area (Å²) in [4.78, 5) is 0. The smallest absolute Gasteiger partial charge is 0.171 e. The first kappa shape index (κ1) is 8.81. The van der Waals surface area contributed by atoms with E-state index in [4.69, 9.17) is 11.8 Å². The first-order valence-electron chi connectivity index (χ1n) is 4.03. The van der Waals surface area contributed by atoms with Gasteiger partial charge in [-0.1, -0.05) is 12.1 Å². The van der Waals surface area contributed by atoms with Gasteiger partial charge in [0.15, 0.2) is 6.23 Å². The number of aliphatic hydroxyl groups excluding tert-OH is 2. The predicted octanol–water partition coefficient (Wildman–Crippen LogP) is 1.32. The quantitative estimate of drug-likeness (QED) is 0.620. The van der Waals surface area contributed by atoms with Crippen molar-refractivity contribution in [2.24, 2.45) is 0 Å². The summed E-state index contributed by atoms with van der Waals surface area (Å²) in [5.74, 6) is 0. The first-order chi connectivity index (χ1) is 6.11. The molecule has 0 saturated carbocycles. The second-order valence-corrected chi connectivity index (χ2v) is 3.60. The lowest BCUT2D eigenvalue weighted by Gasteiger charge is -2.14. The van der Waals surface area contributed by atoms with Crippen molar-refractivity contribution in [3.63, 3.8) is 0 Å². The van der Waals surface area contributed by atoms with Crippen LogP contribution >= 0.6 is 11.8 Å². The van der Waals surface area contributed by atoms with Crippen LogP contribution in [0.15, 0.2) is 18.2 Å². The monoisotopic (exact) mass is 199 g/mol. The van der Waals surface area contributed by atoms with Crippen molar-refractivity contribution in [3.8, 4) is 0 Å². The Bertz CT molecular complexity index is 342. The predicted molar refractivity (Wildman–Crippen MR) is 50.5 cm³/mol. The van der Waals surface area contributed by atoms with Crippen molar-refractivity contribution < 1.29 is 10.2 Å². The van der Waals surface area contributed by atoms with Gasteiger partial charge in [-0.05, 0) is 18.6 Å². The van der Waals surface area contributed by atoms with E-state index in [0.29, 0.717) is 11.3 Å². The maximum atomic E-state index is 9.54. The average molecular weight is 200 g/mol. The third-order valence-corrected chi connectivity index (χ3v) is 2.63. The molecule has 4 heteroatoms. The maximum Gasteiger partial charge on any atom is 0.171 e. The molecule has 2 atom stereocenters. The number of anilines is 1. The Labute approximate surface area is 81.3 Å². The molecular weight excluding hydrogens is 190 g/mol. The van der Waals surface area contributed by atoms with Crippen molar-refractivity contribution in [2.45, 2.75) is 19.3 Å². The molecule has 1 heterocycles. The van der Waals surface area contributed by atoms with Crippen LogP contribution in [-0.4, -0.2) is 16.4 Å². The Hall–Kier alpha value is -0.770. The zero-order chi connectivity index (χ0) is 9.59. The number of aliphatic hydroxyl groups is 2. The van der Waals surface area contributed by atoms with Gasteiger partial charge in [0.25, 0.3) is 0 Å². The summed E-state index contributed by atoms with van der Waals surface area (Å²) in [6.45, 7) is 1.93. The molecule has 70 valence electrons. The molecule has 13 heavy (non-hydrogen) atoms. The number of benzene rings is 1. The fourth-order valence-electron chi connectivity index (χ4n) is 1.52. The van der Waals surface area contributed by atoms with Gasteiger partial charge in [-0.25, -0.2) is 0 Å². The highest BCUT2D eigenvalue weighted by molar-refractivity contribution is 6.26. The molecule has 1 aliphatic heterocycles. The number of hydrogen-bond acceptors (Lipinski definition) is 3. The van der Waals surface area contributed by atoms with Crippen molar-refractivity contribution in [2.75, 3.05) is 4.42 Å². The third-order valence-electron chi connectivity index (χ3n) is 2.25. The molecule has 0 radical (unpaired) electrons. The maximum absolute atomic E-state index is 9.54. The summed E-state index contributed by atoms with van der Waals surface area (Å²) < 4.78 is 1.16. The van der Waals surface area contributed by atoms with Crippen molar-refractivity contribution in [1.82, 2.24) is 0 Å². The molecule has 2 unspecified atom stereocenters. The van der Waals surface area contributed by atoms with Crippen LogP contribution < -0.4 is 4.42 Å². The highest BCUT2D eigenvalue weighted by Gasteiger charge is 2.35. The van der Waals surface area contributed by atoms with Crippen LogP contribution in [0.3, 0.4) is 0 Å². The summed E-state index contributed by atoms with van der Waals surface area (Å²) >= 11 is 5.78. The lowest BCUT2D eigenvalue weighted by molar-refractivity contribution is 0.0377. The zero-order valence-corrected chi connectivity index (χ0v) is 7.86. The highest BCUT2D eigenvalue weighted by Crippen LogP contribution is 2.39. The fraction of sp³-hybridized carbons (Fsp3) is 0.333. The molecular formula is C9H10ClNO2. The minimum absolute atomic E-state index is 0.674. The molecule has 1 aromatic carbocycles. The van der Waals surface area contributed by atoms with Gasteiger partial charge in [0.1, 0.15) is 6.10 Å². The van der Waals surface area contributed by atoms with Gasteiger partial charge in [0, 0.05) is 17.3 Å². The Morgan fingerprint density at radius 2 is 2.08 bits per heavy atom. The summed E-state index contributed by atoms with van der Waals surface area (Å²) in [6.07, 6.45) is -1.95. The average Bonchev–Trinajstić information content (AvgIpc) is 2.32. The minimum atomic E-state index is -1.04. The Morgan fingerprint density at radius 1 is 1.38 bits per heavy atom. The molecule has 2 N–H and O–H groups in total. The van der Waals surface area contributed by atoms with E-state index in [1.807, 2.05) is 19.1 Å². The normalized spacial score (nSPS) is 26.3. The van der Waals surface area contributed by atoms with Crippen molar-refractivity contribution >= 4 is 17.5 Å². The summed E-state index contributed by atoms with van der Waals surface area (Å²) in [7, 11) is 0. The lowest BCUT2D eigenvalue weighted by Crippen LogP contribution is -2.25. The van der Waals surface area contributed by atoms with Gasteiger partial charge in [-0.15, -0.1) is 0 Å². The molecule has 2 rings (SSSR count). The van der Waals surface area contributed by atoms with E-state index in [9.17, 15) is 10.2 Å². The van der Waals surface area contributed by atoms with Crippen molar-refractivity contribution in [1.29, 1.82) is 0 Å². The molecule has 0 aliphatic carbocycles. The van der Waals surface area contributed by atoms with Gasteiger partial charge >= 0.3 is 0 Å². The van der Waals surface area contributed by atoms with Crippen LogP contribution in [0.25, 0.3) is 0 Å². The molecule has 0 amide bonds. The summed E-state index contributed by atoms with van der Waals surface area (Å²) in [5, 5.41) is 19.0. The third kappa shape index (κ3) is 1.20. The van der Waals surface area contributed by atoms with E-state index in [1.54, 1.807) is 6.07 Å². The molecule has 0 saturated heterocycles. The van der Waals surface area contributed by atoms with Crippen molar-refractivity contribution in [3.05, 3.63) is 29.3 Å². The molecule has 0 bridgehead atoms. The van der Waals surface area contributed by atoms with E-state index >= 15 is 0 Å². The van der Waals surface area contributed by atoms with E-state index in [2.05, 4.69) is 0 Å². The zero-order valence-electron chi connectivity index (χ0n) is 7.11. The van der Waals surface area contributed by atoms with E-state index in [-0.39, 0.29) is 0 Å². The Balaban J connectivity index is 2.54. The molecule has 1 aliphatic rings.